The average Bonchev–Trinajstić information content (AvgIpc) is 2.74. The van der Waals surface area contributed by atoms with Gasteiger partial charge in [0, 0.05) is 54.9 Å². The molecular formula is C20H20N4O2S. The molecular weight excluding hydrogens is 360 g/mol. The van der Waals surface area contributed by atoms with E-state index in [0.29, 0.717) is 17.9 Å². The maximum absolute atomic E-state index is 12.0. The summed E-state index contributed by atoms with van der Waals surface area (Å²) >= 11 is 1.98. The summed E-state index contributed by atoms with van der Waals surface area (Å²) in [6, 6.07) is 11.7. The van der Waals surface area contributed by atoms with E-state index in [0.717, 1.165) is 35.8 Å². The van der Waals surface area contributed by atoms with E-state index in [2.05, 4.69) is 20.5 Å². The van der Waals surface area contributed by atoms with Crippen molar-refractivity contribution in [1.82, 2.24) is 4.98 Å². The van der Waals surface area contributed by atoms with E-state index in [1.54, 1.807) is 12.4 Å². The second-order valence-corrected chi connectivity index (χ2v) is 7.62. The summed E-state index contributed by atoms with van der Waals surface area (Å²) in [5.74, 6) is 2.30. The van der Waals surface area contributed by atoms with Gasteiger partial charge in [0.05, 0.1) is 0 Å². The molecule has 4 rings (SSSR count). The molecule has 0 saturated carbocycles. The lowest BCUT2D eigenvalue weighted by molar-refractivity contribution is 0.859. The molecule has 1 aliphatic heterocycles. The largest absolute Gasteiger partial charge is 0.376 e. The van der Waals surface area contributed by atoms with Gasteiger partial charge in [0.15, 0.2) is 0 Å². The van der Waals surface area contributed by atoms with Gasteiger partial charge in [0.2, 0.25) is 0 Å². The average molecular weight is 380 g/mol. The molecule has 1 saturated heterocycles. The van der Waals surface area contributed by atoms with Crippen molar-refractivity contribution in [1.29, 1.82) is 0 Å². The van der Waals surface area contributed by atoms with E-state index in [4.69, 9.17) is 0 Å². The number of pyridine rings is 1. The van der Waals surface area contributed by atoms with Crippen LogP contribution in [0.25, 0.3) is 0 Å². The van der Waals surface area contributed by atoms with E-state index in [1.165, 1.54) is 5.69 Å². The lowest BCUT2D eigenvalue weighted by atomic mass is 10.1. The maximum atomic E-state index is 12.0. The van der Waals surface area contributed by atoms with Crippen molar-refractivity contribution >= 4 is 34.5 Å². The Morgan fingerprint density at radius 2 is 1.74 bits per heavy atom. The van der Waals surface area contributed by atoms with Crippen LogP contribution in [0.3, 0.4) is 0 Å². The summed E-state index contributed by atoms with van der Waals surface area (Å²) < 4.78 is 0. The zero-order valence-corrected chi connectivity index (χ0v) is 15.6. The molecule has 0 aliphatic carbocycles. The third-order valence-corrected chi connectivity index (χ3v) is 5.56. The Hall–Kier alpha value is -2.80. The first kappa shape index (κ1) is 17.6. The molecule has 1 aromatic heterocycles. The summed E-state index contributed by atoms with van der Waals surface area (Å²) in [6.45, 7) is 2.55. The fourth-order valence-electron chi connectivity index (χ4n) is 3.09. The topological polar surface area (TPSA) is 74.3 Å². The van der Waals surface area contributed by atoms with Crippen molar-refractivity contribution in [3.8, 4) is 0 Å². The van der Waals surface area contributed by atoms with Gasteiger partial charge >= 0.3 is 0 Å². The number of anilines is 4. The minimum Gasteiger partial charge on any atom is -0.376 e. The van der Waals surface area contributed by atoms with Crippen LogP contribution in [0.4, 0.5) is 22.7 Å². The van der Waals surface area contributed by atoms with E-state index < -0.39 is 10.9 Å². The third kappa shape index (κ3) is 3.83. The molecule has 2 heterocycles. The zero-order chi connectivity index (χ0) is 18.6. The number of nitrogens with one attached hydrogen (secondary N) is 2. The maximum Gasteiger partial charge on any atom is 0.253 e. The highest BCUT2D eigenvalue weighted by molar-refractivity contribution is 7.99. The number of hydrogen-bond acceptors (Lipinski definition) is 7. The van der Waals surface area contributed by atoms with Crippen LogP contribution in [-0.4, -0.2) is 29.6 Å². The van der Waals surface area contributed by atoms with Gasteiger partial charge in [0.1, 0.15) is 11.4 Å². The number of nitrogens with zero attached hydrogens (tertiary/aromatic N) is 2. The standard InChI is InChI=1S/C20H20N4O2S/c25-19-17(22-13-14-2-1-7-21-12-14)18(20(19)26)23-15-3-5-16(6-4-15)24-8-10-27-11-9-24/h1-7,12,22-23H,8-11,13H2. The first-order valence-corrected chi connectivity index (χ1v) is 10.0. The number of thioether (sulfide) groups is 1. The van der Waals surface area contributed by atoms with Crippen molar-refractivity contribution in [3.05, 3.63) is 74.8 Å². The Bertz CT molecular complexity index is 976. The van der Waals surface area contributed by atoms with E-state index in [9.17, 15) is 9.59 Å². The summed E-state index contributed by atoms with van der Waals surface area (Å²) in [4.78, 5) is 30.3. The second-order valence-electron chi connectivity index (χ2n) is 6.39. The second kappa shape index (κ2) is 7.84. The fourth-order valence-corrected chi connectivity index (χ4v) is 4.00. The first-order valence-electron chi connectivity index (χ1n) is 8.88. The molecule has 2 N–H and O–H groups in total. The van der Waals surface area contributed by atoms with Crippen LogP contribution in [-0.2, 0) is 6.54 Å². The van der Waals surface area contributed by atoms with Gasteiger partial charge in [-0.05, 0) is 35.9 Å². The number of rotatable bonds is 6. The molecule has 0 unspecified atom stereocenters. The van der Waals surface area contributed by atoms with Crippen molar-refractivity contribution in [2.75, 3.05) is 40.1 Å². The van der Waals surface area contributed by atoms with E-state index in [1.807, 2.05) is 48.2 Å². The predicted molar refractivity (Wildman–Crippen MR) is 112 cm³/mol. The summed E-state index contributed by atoms with van der Waals surface area (Å²) in [5.41, 5.74) is 2.61. The third-order valence-electron chi connectivity index (χ3n) is 4.62. The molecule has 1 fully saturated rings. The minimum absolute atomic E-state index is 0.325. The van der Waals surface area contributed by atoms with Crippen molar-refractivity contribution in [2.45, 2.75) is 6.54 Å². The molecule has 2 aromatic carbocycles. The summed E-state index contributed by atoms with van der Waals surface area (Å²) in [6.07, 6.45) is 3.42. The number of benzene rings is 1. The zero-order valence-electron chi connectivity index (χ0n) is 14.8. The van der Waals surface area contributed by atoms with Crippen LogP contribution in [0, 0.1) is 0 Å². The molecule has 27 heavy (non-hydrogen) atoms. The van der Waals surface area contributed by atoms with E-state index >= 15 is 0 Å². The van der Waals surface area contributed by atoms with Crippen LogP contribution in [0.5, 0.6) is 0 Å². The highest BCUT2D eigenvalue weighted by Gasteiger charge is 2.21. The Kier molecular flexibility index (Phi) is 5.11. The van der Waals surface area contributed by atoms with Gasteiger partial charge in [-0.25, -0.2) is 0 Å². The highest BCUT2D eigenvalue weighted by atomic mass is 32.2. The summed E-state index contributed by atoms with van der Waals surface area (Å²) in [5, 5.41) is 6.13. The molecule has 3 aromatic rings. The fraction of sp³-hybridized carbons (Fsp3) is 0.250. The predicted octanol–water partition coefficient (Wildman–Crippen LogP) is 2.59. The molecule has 0 radical (unpaired) electrons. The molecule has 7 heteroatoms. The summed E-state index contributed by atoms with van der Waals surface area (Å²) in [7, 11) is 0. The monoisotopic (exact) mass is 380 g/mol. The van der Waals surface area contributed by atoms with Gasteiger partial charge < -0.3 is 15.5 Å². The van der Waals surface area contributed by atoms with E-state index in [-0.39, 0.29) is 0 Å². The first-order chi connectivity index (χ1) is 13.2. The lowest BCUT2D eigenvalue weighted by Gasteiger charge is -2.28. The van der Waals surface area contributed by atoms with Crippen LogP contribution in [0.2, 0.25) is 0 Å². The number of hydrogen-bond donors (Lipinski definition) is 2. The Balaban J connectivity index is 1.44. The molecule has 0 spiro atoms. The molecule has 6 nitrogen and oxygen atoms in total. The van der Waals surface area contributed by atoms with Crippen LogP contribution < -0.4 is 26.4 Å². The molecule has 0 atom stereocenters. The highest BCUT2D eigenvalue weighted by Crippen LogP contribution is 2.25. The SMILES string of the molecule is O=c1c(NCc2cccnc2)c(Nc2ccc(N3CCSCC3)cc2)c1=O. The normalized spacial score (nSPS) is 14.3. The van der Waals surface area contributed by atoms with Crippen molar-refractivity contribution < 1.29 is 0 Å². The van der Waals surface area contributed by atoms with Gasteiger partial charge in [-0.1, -0.05) is 6.07 Å². The molecule has 1 aliphatic rings. The number of aromatic nitrogens is 1. The van der Waals surface area contributed by atoms with Crippen LogP contribution >= 0.6 is 11.8 Å². The molecule has 0 bridgehead atoms. The molecule has 0 amide bonds. The Labute approximate surface area is 161 Å². The van der Waals surface area contributed by atoms with Gasteiger partial charge in [-0.15, -0.1) is 0 Å². The van der Waals surface area contributed by atoms with Gasteiger partial charge in [-0.3, -0.25) is 14.6 Å². The smallest absolute Gasteiger partial charge is 0.253 e. The van der Waals surface area contributed by atoms with Crippen LogP contribution in [0.15, 0.2) is 58.4 Å². The quantitative estimate of drug-likeness (QED) is 0.637. The Morgan fingerprint density at radius 1 is 1.00 bits per heavy atom. The Morgan fingerprint density at radius 3 is 2.44 bits per heavy atom. The van der Waals surface area contributed by atoms with Crippen LogP contribution in [0.1, 0.15) is 5.56 Å². The van der Waals surface area contributed by atoms with Gasteiger partial charge in [0.25, 0.3) is 10.9 Å². The van der Waals surface area contributed by atoms with Crippen molar-refractivity contribution in [2.24, 2.45) is 0 Å². The van der Waals surface area contributed by atoms with Gasteiger partial charge in [-0.2, -0.15) is 11.8 Å². The lowest BCUT2D eigenvalue weighted by Crippen LogP contribution is -2.36. The molecule has 138 valence electrons. The van der Waals surface area contributed by atoms with Crippen molar-refractivity contribution in [3.63, 3.8) is 0 Å². The minimum atomic E-state index is -0.485.